The fourth-order valence-corrected chi connectivity index (χ4v) is 7.01. The van der Waals surface area contributed by atoms with E-state index in [4.69, 9.17) is 9.97 Å². The third kappa shape index (κ3) is 4.81. The van der Waals surface area contributed by atoms with E-state index < -0.39 is 6.10 Å². The van der Waals surface area contributed by atoms with Crippen LogP contribution in [0.15, 0.2) is 72.8 Å². The molecule has 2 saturated heterocycles. The van der Waals surface area contributed by atoms with Gasteiger partial charge in [-0.2, -0.15) is 16.7 Å². The molecule has 0 radical (unpaired) electrons. The van der Waals surface area contributed by atoms with E-state index >= 15 is 0 Å². The van der Waals surface area contributed by atoms with Crippen molar-refractivity contribution in [3.05, 3.63) is 72.8 Å². The van der Waals surface area contributed by atoms with E-state index in [0.29, 0.717) is 13.1 Å². The maximum Gasteiger partial charge on any atom is 0.227 e. The van der Waals surface area contributed by atoms with E-state index in [1.54, 1.807) is 0 Å². The maximum absolute atomic E-state index is 11.2. The first-order valence-electron chi connectivity index (χ1n) is 14.0. The minimum absolute atomic E-state index is 0.448. The first-order valence-corrected chi connectivity index (χ1v) is 15.1. The number of hydrogen-bond donors (Lipinski definition) is 1. The van der Waals surface area contributed by atoms with E-state index in [-0.39, 0.29) is 0 Å². The van der Waals surface area contributed by atoms with E-state index in [1.165, 1.54) is 21.8 Å². The van der Waals surface area contributed by atoms with Crippen LogP contribution in [0.3, 0.4) is 0 Å². The van der Waals surface area contributed by atoms with Crippen LogP contribution >= 0.6 is 11.8 Å². The summed E-state index contributed by atoms with van der Waals surface area (Å²) in [5.74, 6) is 4.18. The lowest BCUT2D eigenvalue weighted by Gasteiger charge is -2.36. The number of piperazine rings is 1. The second-order valence-corrected chi connectivity index (χ2v) is 11.8. The molecule has 7 rings (SSSR count). The number of benzene rings is 3. The summed E-state index contributed by atoms with van der Waals surface area (Å²) in [7, 11) is 0. The van der Waals surface area contributed by atoms with Gasteiger partial charge in [0.2, 0.25) is 5.95 Å². The molecular weight excluding hydrogens is 504 g/mol. The minimum atomic E-state index is -0.448. The first-order chi connectivity index (χ1) is 19.2. The molecule has 1 N–H and O–H groups in total. The van der Waals surface area contributed by atoms with E-state index in [1.807, 2.05) is 11.8 Å². The predicted octanol–water partition coefficient (Wildman–Crippen LogP) is 4.47. The molecule has 0 bridgehead atoms. The number of aromatic nitrogens is 3. The summed E-state index contributed by atoms with van der Waals surface area (Å²) in [5, 5.41) is 14.8. The number of aliphatic hydroxyl groups is 1. The molecule has 1 atom stereocenters. The molecule has 2 aliphatic heterocycles. The van der Waals surface area contributed by atoms with Gasteiger partial charge in [-0.05, 0) is 24.3 Å². The molecule has 0 aliphatic carbocycles. The van der Waals surface area contributed by atoms with Crippen molar-refractivity contribution in [2.45, 2.75) is 12.6 Å². The maximum atomic E-state index is 11.2. The topological polar surface area (TPSA) is 60.7 Å². The highest BCUT2D eigenvalue weighted by atomic mass is 32.2. The van der Waals surface area contributed by atoms with Crippen LogP contribution in [0, 0.1) is 0 Å². The molecular formula is C31H34N6OS. The zero-order valence-electron chi connectivity index (χ0n) is 22.1. The van der Waals surface area contributed by atoms with Crippen molar-refractivity contribution in [1.82, 2.24) is 19.4 Å². The van der Waals surface area contributed by atoms with Crippen molar-refractivity contribution < 1.29 is 5.11 Å². The first kappa shape index (κ1) is 24.7. The Morgan fingerprint density at radius 1 is 0.667 bits per heavy atom. The smallest absolute Gasteiger partial charge is 0.227 e. The standard InChI is InChI=1S/C31H34N6OS/c38-23(22-37-28-11-5-2-7-24(28)25-8-3-6-12-29(25)37)21-34-13-15-36(16-14-34)31-32-27-10-4-1-9-26(27)30(33-31)35-17-19-39-20-18-35/h1-12,23,38H,13-22H2. The third-order valence-electron chi connectivity index (χ3n) is 8.08. The van der Waals surface area contributed by atoms with E-state index in [0.717, 1.165) is 73.4 Å². The van der Waals surface area contributed by atoms with Gasteiger partial charge in [0.25, 0.3) is 0 Å². The fourth-order valence-electron chi connectivity index (χ4n) is 6.10. The summed E-state index contributed by atoms with van der Waals surface area (Å²) in [6.45, 7) is 6.78. The van der Waals surface area contributed by atoms with Crippen LogP contribution in [0.25, 0.3) is 32.7 Å². The highest BCUT2D eigenvalue weighted by Gasteiger charge is 2.24. The summed E-state index contributed by atoms with van der Waals surface area (Å²) in [5.41, 5.74) is 3.37. The van der Waals surface area contributed by atoms with Crippen LogP contribution in [-0.4, -0.2) is 88.0 Å². The largest absolute Gasteiger partial charge is 0.390 e. The van der Waals surface area contributed by atoms with Crippen molar-refractivity contribution in [2.24, 2.45) is 0 Å². The Hall–Kier alpha value is -3.33. The van der Waals surface area contributed by atoms with Crippen molar-refractivity contribution in [3.8, 4) is 0 Å². The van der Waals surface area contributed by atoms with Gasteiger partial charge >= 0.3 is 0 Å². The highest BCUT2D eigenvalue weighted by molar-refractivity contribution is 7.99. The molecule has 0 saturated carbocycles. The summed E-state index contributed by atoms with van der Waals surface area (Å²) in [6, 6.07) is 25.4. The molecule has 2 aliphatic rings. The number of hydrogen-bond acceptors (Lipinski definition) is 7. The lowest BCUT2D eigenvalue weighted by molar-refractivity contribution is 0.0967. The molecule has 0 amide bonds. The SMILES string of the molecule is OC(CN1CCN(c2nc(N3CCSCC3)c3ccccc3n2)CC1)Cn1c2ccccc2c2ccccc21. The molecule has 4 heterocycles. The number of anilines is 2. The number of thioether (sulfide) groups is 1. The van der Waals surface area contributed by atoms with E-state index in [2.05, 4.69) is 92.1 Å². The number of β-amino-alcohol motifs (C(OH)–C–C–N with tert-alkyl or cyclic N) is 1. The van der Waals surface area contributed by atoms with Crippen LogP contribution in [0.5, 0.6) is 0 Å². The molecule has 5 aromatic rings. The Morgan fingerprint density at radius 3 is 1.97 bits per heavy atom. The molecule has 0 spiro atoms. The number of rotatable bonds is 6. The van der Waals surface area contributed by atoms with Gasteiger partial charge in [0.15, 0.2) is 0 Å². The zero-order valence-corrected chi connectivity index (χ0v) is 22.9. The number of nitrogens with zero attached hydrogens (tertiary/aromatic N) is 6. The van der Waals surface area contributed by atoms with Crippen LogP contribution in [0.4, 0.5) is 11.8 Å². The average Bonchev–Trinajstić information content (AvgIpc) is 3.31. The second-order valence-electron chi connectivity index (χ2n) is 10.6. The number of aliphatic hydroxyl groups excluding tert-OH is 1. The van der Waals surface area contributed by atoms with Gasteiger partial charge in [-0.1, -0.05) is 48.5 Å². The Labute approximate surface area is 233 Å². The second kappa shape index (κ2) is 10.7. The molecule has 7 nitrogen and oxygen atoms in total. The van der Waals surface area contributed by atoms with E-state index in [9.17, 15) is 5.11 Å². The molecule has 2 aromatic heterocycles. The summed E-state index contributed by atoms with van der Waals surface area (Å²) >= 11 is 2.01. The predicted molar refractivity (Wildman–Crippen MR) is 163 cm³/mol. The molecule has 39 heavy (non-hydrogen) atoms. The number of para-hydroxylation sites is 3. The van der Waals surface area contributed by atoms with Crippen molar-refractivity contribution >= 4 is 56.2 Å². The molecule has 2 fully saturated rings. The van der Waals surface area contributed by atoms with Gasteiger partial charge in [0.1, 0.15) is 5.82 Å². The lowest BCUT2D eigenvalue weighted by atomic mass is 10.2. The zero-order chi connectivity index (χ0) is 26.2. The summed E-state index contributed by atoms with van der Waals surface area (Å²) in [4.78, 5) is 17.2. The Balaban J connectivity index is 1.05. The van der Waals surface area contributed by atoms with Crippen molar-refractivity contribution in [1.29, 1.82) is 0 Å². The number of fused-ring (bicyclic) bond motifs is 4. The van der Waals surface area contributed by atoms with Crippen LogP contribution in [0.1, 0.15) is 0 Å². The van der Waals surface area contributed by atoms with Gasteiger partial charge in [-0.15, -0.1) is 0 Å². The van der Waals surface area contributed by atoms with Crippen LogP contribution in [-0.2, 0) is 6.54 Å². The quantitative estimate of drug-likeness (QED) is 0.342. The van der Waals surface area contributed by atoms with Crippen LogP contribution < -0.4 is 9.80 Å². The van der Waals surface area contributed by atoms with Gasteiger partial charge in [0, 0.05) is 84.5 Å². The van der Waals surface area contributed by atoms with Gasteiger partial charge in [-0.25, -0.2) is 4.98 Å². The van der Waals surface area contributed by atoms with Gasteiger partial charge in [-0.3, -0.25) is 4.90 Å². The Kier molecular flexibility index (Phi) is 6.76. The average molecular weight is 539 g/mol. The normalized spacial score (nSPS) is 17.9. The molecule has 3 aromatic carbocycles. The monoisotopic (exact) mass is 538 g/mol. The Morgan fingerprint density at radius 2 is 1.28 bits per heavy atom. The van der Waals surface area contributed by atoms with Crippen molar-refractivity contribution in [2.75, 3.05) is 67.1 Å². The van der Waals surface area contributed by atoms with Crippen LogP contribution in [0.2, 0.25) is 0 Å². The molecule has 200 valence electrons. The molecule has 8 heteroatoms. The minimum Gasteiger partial charge on any atom is -0.390 e. The van der Waals surface area contributed by atoms with Gasteiger partial charge < -0.3 is 19.5 Å². The lowest BCUT2D eigenvalue weighted by Crippen LogP contribution is -2.49. The third-order valence-corrected chi connectivity index (χ3v) is 9.02. The highest BCUT2D eigenvalue weighted by Crippen LogP contribution is 2.30. The summed E-state index contributed by atoms with van der Waals surface area (Å²) in [6.07, 6.45) is -0.448. The van der Waals surface area contributed by atoms with Gasteiger partial charge in [0.05, 0.1) is 18.2 Å². The van der Waals surface area contributed by atoms with Crippen molar-refractivity contribution in [3.63, 3.8) is 0 Å². The molecule has 1 unspecified atom stereocenters. The fraction of sp³-hybridized carbons (Fsp3) is 0.355. The summed E-state index contributed by atoms with van der Waals surface area (Å²) < 4.78 is 2.27. The Bertz CT molecular complexity index is 1550.